The zero-order valence-electron chi connectivity index (χ0n) is 15.6. The molecule has 0 aliphatic carbocycles. The topological polar surface area (TPSA) is 87.6 Å². The zero-order chi connectivity index (χ0) is 18.6. The van der Waals surface area contributed by atoms with Crippen LogP contribution in [0.15, 0.2) is 53.8 Å². The minimum atomic E-state index is -0.144. The van der Waals surface area contributed by atoms with E-state index in [2.05, 4.69) is 25.9 Å². The van der Waals surface area contributed by atoms with Crippen molar-refractivity contribution >= 4 is 35.8 Å². The summed E-state index contributed by atoms with van der Waals surface area (Å²) in [6.07, 6.45) is 3.17. The Kier molecular flexibility index (Phi) is 10.8. The highest BCUT2D eigenvalue weighted by Gasteiger charge is 2.04. The van der Waals surface area contributed by atoms with Gasteiger partial charge in [-0.15, -0.1) is 24.0 Å². The van der Waals surface area contributed by atoms with E-state index in [1.165, 1.54) is 11.8 Å². The first-order chi connectivity index (χ1) is 12.7. The smallest absolute Gasteiger partial charge is 0.252 e. The molecule has 8 heteroatoms. The van der Waals surface area contributed by atoms with Gasteiger partial charge in [0.1, 0.15) is 12.4 Å². The average Bonchev–Trinajstić information content (AvgIpc) is 2.68. The summed E-state index contributed by atoms with van der Waals surface area (Å²) in [6.45, 7) is 4.23. The van der Waals surface area contributed by atoms with Gasteiger partial charge >= 0.3 is 0 Å². The summed E-state index contributed by atoms with van der Waals surface area (Å²) in [6, 6.07) is 11.4. The molecular weight excluding hydrogens is 457 g/mol. The van der Waals surface area contributed by atoms with Crippen molar-refractivity contribution in [2.24, 2.45) is 4.99 Å². The fourth-order valence-electron chi connectivity index (χ4n) is 2.15. The number of benzene rings is 1. The molecule has 1 aromatic carbocycles. The number of hydrogen-bond donors (Lipinski definition) is 3. The van der Waals surface area contributed by atoms with Crippen molar-refractivity contribution in [2.45, 2.75) is 6.92 Å². The summed E-state index contributed by atoms with van der Waals surface area (Å²) in [4.78, 5) is 19.9. The molecule has 0 aliphatic heterocycles. The Morgan fingerprint density at radius 3 is 2.44 bits per heavy atom. The highest BCUT2D eigenvalue weighted by atomic mass is 127. The summed E-state index contributed by atoms with van der Waals surface area (Å²) in [5, 5.41) is 9.12. The molecule has 0 aliphatic rings. The van der Waals surface area contributed by atoms with Crippen LogP contribution in [-0.4, -0.2) is 50.1 Å². The van der Waals surface area contributed by atoms with Gasteiger partial charge in [0.15, 0.2) is 5.96 Å². The molecule has 0 saturated heterocycles. The maximum absolute atomic E-state index is 11.9. The van der Waals surface area contributed by atoms with Crippen molar-refractivity contribution in [3.05, 3.63) is 59.9 Å². The fourth-order valence-corrected chi connectivity index (χ4v) is 2.15. The minimum absolute atomic E-state index is 0. The molecule has 1 heterocycles. The van der Waals surface area contributed by atoms with Crippen molar-refractivity contribution in [2.75, 3.05) is 33.3 Å². The van der Waals surface area contributed by atoms with E-state index in [1.807, 2.05) is 31.2 Å². The molecule has 0 fully saturated rings. The van der Waals surface area contributed by atoms with Gasteiger partial charge in [-0.3, -0.25) is 14.8 Å². The maximum Gasteiger partial charge on any atom is 0.252 e. The summed E-state index contributed by atoms with van der Waals surface area (Å²) in [5.41, 5.74) is 1.75. The van der Waals surface area contributed by atoms with Crippen LogP contribution in [0.5, 0.6) is 5.75 Å². The quantitative estimate of drug-likeness (QED) is 0.232. The molecule has 27 heavy (non-hydrogen) atoms. The van der Waals surface area contributed by atoms with Crippen molar-refractivity contribution < 1.29 is 9.53 Å². The number of rotatable bonds is 8. The Morgan fingerprint density at radius 1 is 1.07 bits per heavy atom. The molecule has 3 N–H and O–H groups in total. The number of halogens is 1. The van der Waals surface area contributed by atoms with Gasteiger partial charge in [-0.1, -0.05) is 17.7 Å². The molecule has 0 saturated carbocycles. The third-order valence-corrected chi connectivity index (χ3v) is 3.53. The third-order valence-electron chi connectivity index (χ3n) is 3.53. The molecule has 0 bridgehead atoms. The Balaban J connectivity index is 0.00000364. The Bertz CT molecular complexity index is 708. The number of carbonyl (C=O) groups is 1. The zero-order valence-corrected chi connectivity index (χ0v) is 17.9. The largest absolute Gasteiger partial charge is 0.492 e. The van der Waals surface area contributed by atoms with Crippen LogP contribution < -0.4 is 20.7 Å². The average molecular weight is 483 g/mol. The van der Waals surface area contributed by atoms with Crippen molar-refractivity contribution in [1.29, 1.82) is 0 Å². The van der Waals surface area contributed by atoms with Crippen LogP contribution in [-0.2, 0) is 0 Å². The molecule has 2 aromatic rings. The molecule has 0 radical (unpaired) electrons. The lowest BCUT2D eigenvalue weighted by Crippen LogP contribution is -2.42. The molecule has 2 rings (SSSR count). The second kappa shape index (κ2) is 12.9. The molecule has 0 unspecified atom stereocenters. The summed E-state index contributed by atoms with van der Waals surface area (Å²) >= 11 is 0. The molecule has 1 aromatic heterocycles. The van der Waals surface area contributed by atoms with Crippen molar-refractivity contribution in [1.82, 2.24) is 20.9 Å². The van der Waals surface area contributed by atoms with Crippen LogP contribution in [0.4, 0.5) is 0 Å². The van der Waals surface area contributed by atoms with Gasteiger partial charge in [0.25, 0.3) is 5.91 Å². The van der Waals surface area contributed by atoms with Gasteiger partial charge in [-0.2, -0.15) is 0 Å². The predicted octanol–water partition coefficient (Wildman–Crippen LogP) is 1.98. The number of guanidine groups is 1. The monoisotopic (exact) mass is 483 g/mol. The van der Waals surface area contributed by atoms with Crippen LogP contribution in [0.25, 0.3) is 0 Å². The number of pyridine rings is 1. The number of aromatic nitrogens is 1. The highest BCUT2D eigenvalue weighted by Crippen LogP contribution is 2.10. The van der Waals surface area contributed by atoms with Crippen LogP contribution in [0.3, 0.4) is 0 Å². The molecular formula is C19H26IN5O2. The minimum Gasteiger partial charge on any atom is -0.492 e. The number of hydrogen-bond acceptors (Lipinski definition) is 4. The SMILES string of the molecule is CN=C(NCCNC(=O)c1cccnc1)NCCOc1ccc(C)cc1.I. The first-order valence-corrected chi connectivity index (χ1v) is 8.51. The van der Waals surface area contributed by atoms with Gasteiger partial charge in [0.2, 0.25) is 0 Å². The first kappa shape index (κ1) is 22.7. The number of amides is 1. The standard InChI is InChI=1S/C19H25N5O2.HI/c1-15-5-7-17(8-6-15)26-13-12-24-19(20-2)23-11-10-22-18(25)16-4-3-9-21-14-16;/h3-9,14H,10-13H2,1-2H3,(H,22,25)(H2,20,23,24);1H. The van der Waals surface area contributed by atoms with Crippen molar-refractivity contribution in [3.63, 3.8) is 0 Å². The lowest BCUT2D eigenvalue weighted by Gasteiger charge is -2.13. The van der Waals surface area contributed by atoms with E-state index >= 15 is 0 Å². The Labute approximate surface area is 177 Å². The van der Waals surface area contributed by atoms with E-state index in [0.717, 1.165) is 5.75 Å². The van der Waals surface area contributed by atoms with E-state index in [0.29, 0.717) is 37.8 Å². The summed E-state index contributed by atoms with van der Waals surface area (Å²) in [5.74, 6) is 1.36. The first-order valence-electron chi connectivity index (χ1n) is 8.51. The Hall–Kier alpha value is -2.36. The molecule has 0 spiro atoms. The van der Waals surface area contributed by atoms with E-state index in [9.17, 15) is 4.79 Å². The van der Waals surface area contributed by atoms with E-state index in [4.69, 9.17) is 4.74 Å². The number of aryl methyl sites for hydroxylation is 1. The number of nitrogens with zero attached hydrogens (tertiary/aromatic N) is 2. The predicted molar refractivity (Wildman–Crippen MR) is 118 cm³/mol. The summed E-state index contributed by atoms with van der Waals surface area (Å²) in [7, 11) is 1.70. The second-order valence-electron chi connectivity index (χ2n) is 5.58. The van der Waals surface area contributed by atoms with Gasteiger partial charge in [-0.05, 0) is 31.2 Å². The maximum atomic E-state index is 11.9. The second-order valence-corrected chi connectivity index (χ2v) is 5.58. The molecule has 7 nitrogen and oxygen atoms in total. The van der Waals surface area contributed by atoms with E-state index < -0.39 is 0 Å². The van der Waals surface area contributed by atoms with Crippen molar-refractivity contribution in [3.8, 4) is 5.75 Å². The summed E-state index contributed by atoms with van der Waals surface area (Å²) < 4.78 is 5.65. The third kappa shape index (κ3) is 8.72. The Morgan fingerprint density at radius 2 is 1.78 bits per heavy atom. The molecule has 0 atom stereocenters. The van der Waals surface area contributed by atoms with Gasteiger partial charge in [0.05, 0.1) is 12.1 Å². The number of carbonyl (C=O) groups excluding carboxylic acids is 1. The van der Waals surface area contributed by atoms with Gasteiger partial charge in [-0.25, -0.2) is 0 Å². The highest BCUT2D eigenvalue weighted by molar-refractivity contribution is 14.0. The lowest BCUT2D eigenvalue weighted by molar-refractivity contribution is 0.0954. The van der Waals surface area contributed by atoms with Crippen LogP contribution in [0.1, 0.15) is 15.9 Å². The van der Waals surface area contributed by atoms with Crippen LogP contribution in [0, 0.1) is 6.92 Å². The number of ether oxygens (including phenoxy) is 1. The van der Waals surface area contributed by atoms with Gasteiger partial charge < -0.3 is 20.7 Å². The normalized spacial score (nSPS) is 10.5. The van der Waals surface area contributed by atoms with Crippen LogP contribution in [0.2, 0.25) is 0 Å². The molecule has 146 valence electrons. The van der Waals surface area contributed by atoms with Crippen LogP contribution >= 0.6 is 24.0 Å². The molecule has 1 amide bonds. The lowest BCUT2D eigenvalue weighted by atomic mass is 10.2. The van der Waals surface area contributed by atoms with E-state index in [1.54, 1.807) is 25.4 Å². The van der Waals surface area contributed by atoms with E-state index in [-0.39, 0.29) is 29.9 Å². The van der Waals surface area contributed by atoms with Gasteiger partial charge in [0, 0.05) is 32.5 Å². The number of aliphatic imine (C=N–C) groups is 1. The fraction of sp³-hybridized carbons (Fsp3) is 0.316. The number of nitrogens with one attached hydrogen (secondary N) is 3.